The second-order valence-electron chi connectivity index (χ2n) is 6.14. The van der Waals surface area contributed by atoms with Gasteiger partial charge >= 0.3 is 115 Å². The number of nitrogens with zero attached hydrogens (tertiary/aromatic N) is 1. The summed E-state index contributed by atoms with van der Waals surface area (Å²) in [6.45, 7) is 14.0. The van der Waals surface area contributed by atoms with Gasteiger partial charge in [-0.15, -0.1) is 0 Å². The van der Waals surface area contributed by atoms with Crippen LogP contribution in [0, 0.1) is 12.8 Å². The van der Waals surface area contributed by atoms with Gasteiger partial charge in [-0.3, -0.25) is 0 Å². The minimum atomic E-state index is -0.624. The van der Waals surface area contributed by atoms with Crippen molar-refractivity contribution in [2.24, 2.45) is 5.92 Å². The fourth-order valence-electron chi connectivity index (χ4n) is 1.82. The van der Waals surface area contributed by atoms with Crippen molar-refractivity contribution in [3.05, 3.63) is 28.2 Å². The third kappa shape index (κ3) is 4.86. The first kappa shape index (κ1) is 14.8. The molecule has 0 amide bonds. The van der Waals surface area contributed by atoms with Crippen molar-refractivity contribution in [3.63, 3.8) is 0 Å². The van der Waals surface area contributed by atoms with Crippen molar-refractivity contribution >= 4 is 24.7 Å². The number of aryl methyl sites for hydroxylation is 1. The Labute approximate surface area is 115 Å². The molecule has 1 rings (SSSR count). The van der Waals surface area contributed by atoms with E-state index in [0.717, 1.165) is 12.1 Å². The summed E-state index contributed by atoms with van der Waals surface area (Å²) < 4.78 is 3.76. The second-order valence-corrected chi connectivity index (χ2v) is 12.8. The van der Waals surface area contributed by atoms with Gasteiger partial charge in [-0.25, -0.2) is 0 Å². The molecule has 94 valence electrons. The Bertz CT molecular complexity index is 441. The van der Waals surface area contributed by atoms with Crippen LogP contribution in [0.5, 0.6) is 0 Å². The van der Waals surface area contributed by atoms with E-state index in [-0.39, 0.29) is 5.56 Å². The van der Waals surface area contributed by atoms with Crippen LogP contribution in [0.2, 0.25) is 3.43 Å². The molecule has 0 spiro atoms. The summed E-state index contributed by atoms with van der Waals surface area (Å²) in [5.41, 5.74) is 1.07. The molecular formula is C14H23NOSn. The molecule has 0 N–H and O–H groups in total. The number of hydrogen-bond donors (Lipinski definition) is 0. The summed E-state index contributed by atoms with van der Waals surface area (Å²) in [6.07, 6.45) is 2.10. The van der Waals surface area contributed by atoms with E-state index in [4.69, 9.17) is 0 Å². The van der Waals surface area contributed by atoms with Crippen molar-refractivity contribution in [1.29, 1.82) is 0 Å². The Kier molecular flexibility index (Phi) is 4.87. The minimum absolute atomic E-state index is 0.177. The van der Waals surface area contributed by atoms with Gasteiger partial charge in [0.25, 0.3) is 0 Å². The van der Waals surface area contributed by atoms with Crippen molar-refractivity contribution in [2.75, 3.05) is 0 Å². The van der Waals surface area contributed by atoms with Crippen LogP contribution >= 0.6 is 0 Å². The quantitative estimate of drug-likeness (QED) is 0.775. The average molecular weight is 340 g/mol. The molecule has 1 aromatic rings. The zero-order valence-corrected chi connectivity index (χ0v) is 14.6. The molecular weight excluding hydrogens is 317 g/mol. The molecule has 2 radical (unpaired) electrons. The predicted molar refractivity (Wildman–Crippen MR) is 75.4 cm³/mol. The monoisotopic (exact) mass is 341 g/mol. The maximum atomic E-state index is 12.0. The fourth-order valence-corrected chi connectivity index (χ4v) is 5.74. The third-order valence-electron chi connectivity index (χ3n) is 2.35. The normalized spacial score (nSPS) is 12.2. The van der Waals surface area contributed by atoms with Gasteiger partial charge in [0.05, 0.1) is 0 Å². The van der Waals surface area contributed by atoms with Crippen LogP contribution in [0.25, 0.3) is 0 Å². The molecule has 0 atom stereocenters. The van der Waals surface area contributed by atoms with E-state index in [2.05, 4.69) is 46.9 Å². The topological polar surface area (TPSA) is 22.0 Å². The molecule has 0 aliphatic carbocycles. The van der Waals surface area contributed by atoms with Crippen LogP contribution < -0.4 is 9.14 Å². The summed E-state index contributed by atoms with van der Waals surface area (Å²) in [7, 11) is 0. The molecule has 0 aliphatic rings. The van der Waals surface area contributed by atoms with E-state index >= 15 is 0 Å². The van der Waals surface area contributed by atoms with Crippen LogP contribution in [-0.4, -0.2) is 25.7 Å². The Morgan fingerprint density at radius 2 is 1.94 bits per heavy atom. The van der Waals surface area contributed by atoms with E-state index in [0.29, 0.717) is 9.35 Å². The molecule has 0 fully saturated rings. The molecule has 3 heteroatoms. The third-order valence-corrected chi connectivity index (χ3v) is 6.09. The molecule has 0 saturated heterocycles. The van der Waals surface area contributed by atoms with E-state index in [1.54, 1.807) is 0 Å². The van der Waals surface area contributed by atoms with E-state index in [1.807, 2.05) is 11.5 Å². The van der Waals surface area contributed by atoms with Gasteiger partial charge in [-0.05, 0) is 0 Å². The van der Waals surface area contributed by atoms with Gasteiger partial charge < -0.3 is 0 Å². The second kappa shape index (κ2) is 5.59. The number of aromatic nitrogens is 1. The van der Waals surface area contributed by atoms with Gasteiger partial charge in [0, 0.05) is 0 Å². The van der Waals surface area contributed by atoms with Crippen LogP contribution in [0.15, 0.2) is 17.1 Å². The fraction of sp³-hybridized carbons (Fsp3) is 0.643. The van der Waals surface area contributed by atoms with Gasteiger partial charge in [0.1, 0.15) is 0 Å². The molecule has 0 aliphatic heterocycles. The number of rotatable bonds is 3. The first-order valence-electron chi connectivity index (χ1n) is 6.18. The standard InChI is InChI=1S/C10H14NO.C4H9.Sn/c1-8(2)7-11-6-4-5-9(3)10(11)12;1-4(2)3;/h5-6,8H,7H2,1-3H3;1-3H3;. The number of pyridine rings is 1. The Morgan fingerprint density at radius 1 is 1.35 bits per heavy atom. The maximum absolute atomic E-state index is 12.0. The van der Waals surface area contributed by atoms with Crippen molar-refractivity contribution in [3.8, 4) is 0 Å². The van der Waals surface area contributed by atoms with Crippen molar-refractivity contribution in [2.45, 2.75) is 51.5 Å². The molecule has 0 unspecified atom stereocenters. The summed E-state index contributed by atoms with van der Waals surface area (Å²) in [6, 6.07) is 2.11. The van der Waals surface area contributed by atoms with Crippen LogP contribution in [0.4, 0.5) is 0 Å². The molecule has 0 saturated carbocycles. The van der Waals surface area contributed by atoms with Crippen LogP contribution in [0.1, 0.15) is 40.2 Å². The molecule has 0 aromatic carbocycles. The molecule has 0 bridgehead atoms. The van der Waals surface area contributed by atoms with E-state index < -0.39 is 21.1 Å². The van der Waals surface area contributed by atoms with Crippen molar-refractivity contribution in [1.82, 2.24) is 4.57 Å². The van der Waals surface area contributed by atoms with Crippen LogP contribution in [-0.2, 0) is 6.54 Å². The molecule has 1 heterocycles. The Morgan fingerprint density at radius 3 is 2.41 bits per heavy atom. The van der Waals surface area contributed by atoms with Gasteiger partial charge in [-0.1, -0.05) is 0 Å². The van der Waals surface area contributed by atoms with Gasteiger partial charge in [0.2, 0.25) is 0 Å². The first-order chi connectivity index (χ1) is 7.69. The predicted octanol–water partition coefficient (Wildman–Crippen LogP) is 2.36. The molecule has 2 nitrogen and oxygen atoms in total. The van der Waals surface area contributed by atoms with Gasteiger partial charge in [-0.2, -0.15) is 0 Å². The SMILES string of the molecule is Cc1c[c]([Sn][C](C)(C)C)cn(CC(C)C)c1=O. The summed E-state index contributed by atoms with van der Waals surface area (Å²) in [4.78, 5) is 12.0. The Balaban J connectivity index is 3.10. The average Bonchev–Trinajstić information content (AvgIpc) is 2.09. The number of hydrogen-bond acceptors (Lipinski definition) is 1. The van der Waals surface area contributed by atoms with Gasteiger partial charge in [0.15, 0.2) is 0 Å². The molecule has 17 heavy (non-hydrogen) atoms. The van der Waals surface area contributed by atoms with Crippen LogP contribution in [0.3, 0.4) is 0 Å². The zero-order chi connectivity index (χ0) is 13.2. The Hall–Kier alpha value is -0.251. The van der Waals surface area contributed by atoms with E-state index in [9.17, 15) is 4.79 Å². The summed E-state index contributed by atoms with van der Waals surface area (Å²) in [5, 5.41) is 0. The first-order valence-corrected chi connectivity index (χ1v) is 9.04. The zero-order valence-electron chi connectivity index (χ0n) is 11.8. The molecule has 1 aromatic heterocycles. The summed E-state index contributed by atoms with van der Waals surface area (Å²) in [5.74, 6) is 0.516. The van der Waals surface area contributed by atoms with Crippen molar-refractivity contribution < 1.29 is 0 Å². The van der Waals surface area contributed by atoms with E-state index in [1.165, 1.54) is 3.58 Å². The summed E-state index contributed by atoms with van der Waals surface area (Å²) >= 11 is -0.624.